The highest BCUT2D eigenvalue weighted by Gasteiger charge is 2.15. The van der Waals surface area contributed by atoms with Crippen molar-refractivity contribution in [2.24, 2.45) is 5.73 Å². The fourth-order valence-corrected chi connectivity index (χ4v) is 1.62. The Kier molecular flexibility index (Phi) is 3.71. The van der Waals surface area contributed by atoms with Gasteiger partial charge in [-0.25, -0.2) is 4.39 Å². The van der Waals surface area contributed by atoms with Gasteiger partial charge in [0.05, 0.1) is 4.47 Å². The monoisotopic (exact) mass is 263 g/mol. The zero-order valence-corrected chi connectivity index (χ0v) is 9.01. The van der Waals surface area contributed by atoms with Crippen molar-refractivity contribution < 1.29 is 14.6 Å². The van der Waals surface area contributed by atoms with Crippen LogP contribution in [-0.4, -0.2) is 16.8 Å². The lowest BCUT2D eigenvalue weighted by Crippen LogP contribution is -2.02. The molecule has 78 valence electrons. The van der Waals surface area contributed by atoms with Crippen molar-refractivity contribution in [1.82, 2.24) is 0 Å². The molecule has 0 bridgehead atoms. The van der Waals surface area contributed by atoms with E-state index >= 15 is 0 Å². The van der Waals surface area contributed by atoms with Gasteiger partial charge in [0.25, 0.3) is 0 Å². The lowest BCUT2D eigenvalue weighted by Gasteiger charge is -2.08. The number of phenolic OH excluding ortho intramolecular Hbond substituents is 2. The van der Waals surface area contributed by atoms with Crippen molar-refractivity contribution in [3.05, 3.63) is 21.9 Å². The average Bonchev–Trinajstić information content (AvgIpc) is 2.15. The predicted octanol–water partition coefficient (Wildman–Crippen LogP) is 1.89. The lowest BCUT2D eigenvalue weighted by molar-refractivity contribution is 0.392. The number of nitrogens with two attached hydrogens (primary N) is 1. The van der Waals surface area contributed by atoms with E-state index < -0.39 is 11.6 Å². The molecule has 14 heavy (non-hydrogen) atoms. The van der Waals surface area contributed by atoms with Crippen LogP contribution in [-0.2, 0) is 6.42 Å². The Balaban J connectivity index is 3.11. The van der Waals surface area contributed by atoms with Crippen LogP contribution < -0.4 is 5.73 Å². The molecule has 5 heteroatoms. The maximum atomic E-state index is 13.4. The van der Waals surface area contributed by atoms with Crippen molar-refractivity contribution in [1.29, 1.82) is 0 Å². The number of hydrogen-bond acceptors (Lipinski definition) is 3. The predicted molar refractivity (Wildman–Crippen MR) is 54.8 cm³/mol. The molecule has 3 nitrogen and oxygen atoms in total. The van der Waals surface area contributed by atoms with Gasteiger partial charge in [-0.15, -0.1) is 0 Å². The van der Waals surface area contributed by atoms with Gasteiger partial charge >= 0.3 is 0 Å². The van der Waals surface area contributed by atoms with E-state index in [0.717, 1.165) is 6.07 Å². The second-order valence-electron chi connectivity index (χ2n) is 2.91. The van der Waals surface area contributed by atoms with Crippen molar-refractivity contribution in [2.45, 2.75) is 12.8 Å². The first kappa shape index (κ1) is 11.3. The van der Waals surface area contributed by atoms with E-state index in [2.05, 4.69) is 15.9 Å². The molecule has 0 amide bonds. The molecule has 0 saturated carbocycles. The molecule has 0 unspecified atom stereocenters. The molecular weight excluding hydrogens is 253 g/mol. The Morgan fingerprint density at radius 3 is 2.64 bits per heavy atom. The molecule has 0 spiro atoms. The van der Waals surface area contributed by atoms with Crippen molar-refractivity contribution in [2.75, 3.05) is 6.54 Å². The summed E-state index contributed by atoms with van der Waals surface area (Å²) in [6.07, 6.45) is 0.863. The van der Waals surface area contributed by atoms with Crippen LogP contribution in [0.25, 0.3) is 0 Å². The number of aromatic hydroxyl groups is 2. The van der Waals surface area contributed by atoms with E-state index in [4.69, 9.17) is 5.73 Å². The molecule has 0 aliphatic rings. The van der Waals surface area contributed by atoms with Crippen LogP contribution in [0, 0.1) is 5.82 Å². The quantitative estimate of drug-likeness (QED) is 0.730. The molecule has 0 aliphatic heterocycles. The van der Waals surface area contributed by atoms with Crippen molar-refractivity contribution in [3.8, 4) is 11.5 Å². The molecule has 0 heterocycles. The van der Waals surface area contributed by atoms with Gasteiger partial charge in [-0.05, 0) is 35.3 Å². The second-order valence-corrected chi connectivity index (χ2v) is 3.77. The first-order valence-electron chi connectivity index (χ1n) is 4.16. The Hall–Kier alpha value is -0.810. The molecule has 0 fully saturated rings. The molecule has 0 aromatic heterocycles. The van der Waals surface area contributed by atoms with Crippen LogP contribution in [0.15, 0.2) is 10.5 Å². The third-order valence-electron chi connectivity index (χ3n) is 1.90. The third kappa shape index (κ3) is 2.16. The fourth-order valence-electron chi connectivity index (χ4n) is 1.16. The molecule has 1 aromatic rings. The topological polar surface area (TPSA) is 66.5 Å². The van der Waals surface area contributed by atoms with Gasteiger partial charge in [-0.2, -0.15) is 0 Å². The third-order valence-corrected chi connectivity index (χ3v) is 2.47. The van der Waals surface area contributed by atoms with Gasteiger partial charge in [0, 0.05) is 11.6 Å². The number of rotatable bonds is 3. The van der Waals surface area contributed by atoms with Gasteiger partial charge < -0.3 is 15.9 Å². The lowest BCUT2D eigenvalue weighted by atomic mass is 10.1. The highest BCUT2D eigenvalue weighted by molar-refractivity contribution is 9.10. The first-order chi connectivity index (χ1) is 6.57. The molecule has 1 rings (SSSR count). The Morgan fingerprint density at radius 2 is 2.07 bits per heavy atom. The highest BCUT2D eigenvalue weighted by atomic mass is 79.9. The van der Waals surface area contributed by atoms with Gasteiger partial charge in [-0.1, -0.05) is 0 Å². The molecular formula is C9H11BrFNO2. The van der Waals surface area contributed by atoms with Crippen LogP contribution in [0.1, 0.15) is 12.0 Å². The van der Waals surface area contributed by atoms with Crippen LogP contribution in [0.5, 0.6) is 11.5 Å². The first-order valence-corrected chi connectivity index (χ1v) is 4.96. The Labute approximate surface area is 89.5 Å². The summed E-state index contributed by atoms with van der Waals surface area (Å²) < 4.78 is 13.5. The smallest absolute Gasteiger partial charge is 0.163 e. The fraction of sp³-hybridized carbons (Fsp3) is 0.333. The van der Waals surface area contributed by atoms with E-state index in [9.17, 15) is 14.6 Å². The van der Waals surface area contributed by atoms with E-state index in [1.165, 1.54) is 0 Å². The van der Waals surface area contributed by atoms with Crippen LogP contribution in [0.2, 0.25) is 0 Å². The maximum Gasteiger partial charge on any atom is 0.163 e. The average molecular weight is 264 g/mol. The minimum Gasteiger partial charge on any atom is -0.504 e. The zero-order chi connectivity index (χ0) is 10.7. The van der Waals surface area contributed by atoms with Crippen LogP contribution >= 0.6 is 15.9 Å². The summed E-state index contributed by atoms with van der Waals surface area (Å²) in [6.45, 7) is 0.409. The standard InChI is InChI=1S/C9H11BrFNO2/c10-6-4-7(13)9(14)5(8(6)11)2-1-3-12/h4,13-14H,1-3,12H2. The Bertz CT molecular complexity index is 318. The summed E-state index contributed by atoms with van der Waals surface area (Å²) in [5, 5.41) is 18.6. The summed E-state index contributed by atoms with van der Waals surface area (Å²) in [4.78, 5) is 0. The molecule has 4 N–H and O–H groups in total. The van der Waals surface area contributed by atoms with Crippen LogP contribution in [0.4, 0.5) is 4.39 Å². The van der Waals surface area contributed by atoms with Crippen molar-refractivity contribution >= 4 is 15.9 Å². The van der Waals surface area contributed by atoms with E-state index in [-0.39, 0.29) is 15.8 Å². The minimum absolute atomic E-state index is 0.0994. The van der Waals surface area contributed by atoms with Crippen LogP contribution in [0.3, 0.4) is 0 Å². The van der Waals surface area contributed by atoms with Gasteiger partial charge in [-0.3, -0.25) is 0 Å². The zero-order valence-electron chi connectivity index (χ0n) is 7.43. The number of hydrogen-bond donors (Lipinski definition) is 3. The number of phenols is 2. The SMILES string of the molecule is NCCCc1c(O)c(O)cc(Br)c1F. The molecule has 1 aromatic carbocycles. The summed E-state index contributed by atoms with van der Waals surface area (Å²) >= 11 is 2.95. The van der Waals surface area contributed by atoms with E-state index in [0.29, 0.717) is 19.4 Å². The molecule has 0 radical (unpaired) electrons. The highest BCUT2D eigenvalue weighted by Crippen LogP contribution is 2.36. The molecule has 0 atom stereocenters. The van der Waals surface area contributed by atoms with Gasteiger partial charge in [0.2, 0.25) is 0 Å². The summed E-state index contributed by atoms with van der Waals surface area (Å²) in [5.41, 5.74) is 5.37. The van der Waals surface area contributed by atoms with Crippen molar-refractivity contribution in [3.63, 3.8) is 0 Å². The second kappa shape index (κ2) is 4.61. The Morgan fingerprint density at radius 1 is 1.43 bits per heavy atom. The minimum atomic E-state index is -0.547. The largest absolute Gasteiger partial charge is 0.504 e. The summed E-state index contributed by atoms with van der Waals surface area (Å²) in [6, 6.07) is 1.12. The summed E-state index contributed by atoms with van der Waals surface area (Å²) in [7, 11) is 0. The summed E-state index contributed by atoms with van der Waals surface area (Å²) in [5.74, 6) is -1.28. The molecule has 0 aliphatic carbocycles. The number of benzene rings is 1. The van der Waals surface area contributed by atoms with Gasteiger partial charge in [0.15, 0.2) is 11.5 Å². The van der Waals surface area contributed by atoms with Gasteiger partial charge in [0.1, 0.15) is 5.82 Å². The van der Waals surface area contributed by atoms with E-state index in [1.807, 2.05) is 0 Å². The molecule has 0 saturated heterocycles. The normalized spacial score (nSPS) is 10.5. The maximum absolute atomic E-state index is 13.4. The number of halogens is 2. The van der Waals surface area contributed by atoms with E-state index in [1.54, 1.807) is 0 Å².